The number of amides is 1. The third-order valence-corrected chi connectivity index (χ3v) is 5.45. The van der Waals surface area contributed by atoms with Crippen molar-refractivity contribution >= 4 is 58.1 Å². The van der Waals surface area contributed by atoms with Crippen molar-refractivity contribution in [3.05, 3.63) is 52.5 Å². The van der Waals surface area contributed by atoms with Gasteiger partial charge in [0.05, 0.1) is 21.6 Å². The van der Waals surface area contributed by atoms with Crippen molar-refractivity contribution in [2.24, 2.45) is 4.99 Å². The predicted octanol–water partition coefficient (Wildman–Crippen LogP) is 4.93. The molecular formula is C16H10Cl2N2OS. The van der Waals surface area contributed by atoms with Gasteiger partial charge in [0.2, 0.25) is 5.91 Å². The second kappa shape index (κ2) is 5.30. The second-order valence-corrected chi connectivity index (χ2v) is 7.16. The topological polar surface area (TPSA) is 32.7 Å². The van der Waals surface area contributed by atoms with Gasteiger partial charge in [0, 0.05) is 16.3 Å². The first kappa shape index (κ1) is 14.1. The Balaban J connectivity index is 1.83. The first-order valence-electron chi connectivity index (χ1n) is 6.76. The number of rotatable bonds is 1. The predicted molar refractivity (Wildman–Crippen MR) is 91.7 cm³/mol. The molecule has 0 radical (unpaired) electrons. The highest BCUT2D eigenvalue weighted by Gasteiger charge is 2.41. The summed E-state index contributed by atoms with van der Waals surface area (Å²) >= 11 is 13.9. The molecule has 0 spiro atoms. The van der Waals surface area contributed by atoms with E-state index in [0.29, 0.717) is 22.2 Å². The first-order chi connectivity index (χ1) is 10.6. The molecule has 0 N–H and O–H groups in total. The number of fused-ring (bicyclic) bond motifs is 2. The molecule has 3 nitrogen and oxygen atoms in total. The van der Waals surface area contributed by atoms with Gasteiger partial charge in [-0.05, 0) is 30.3 Å². The van der Waals surface area contributed by atoms with Crippen LogP contribution in [-0.4, -0.2) is 17.0 Å². The third kappa shape index (κ3) is 2.22. The fourth-order valence-electron chi connectivity index (χ4n) is 2.68. The number of amidine groups is 1. The highest BCUT2D eigenvalue weighted by molar-refractivity contribution is 8.01. The lowest BCUT2D eigenvalue weighted by Gasteiger charge is -2.23. The molecule has 1 amide bonds. The number of carbonyl (C=O) groups excluding carboxylic acids is 1. The van der Waals surface area contributed by atoms with Gasteiger partial charge in [-0.3, -0.25) is 9.69 Å². The van der Waals surface area contributed by atoms with Crippen LogP contribution >= 0.6 is 35.0 Å². The average Bonchev–Trinajstić information content (AvgIpc) is 2.80. The molecule has 0 aromatic heterocycles. The number of hydrogen-bond donors (Lipinski definition) is 0. The van der Waals surface area contributed by atoms with Gasteiger partial charge in [-0.1, -0.05) is 35.3 Å². The monoisotopic (exact) mass is 348 g/mol. The molecule has 0 unspecified atom stereocenters. The van der Waals surface area contributed by atoms with Crippen molar-refractivity contribution in [1.29, 1.82) is 0 Å². The van der Waals surface area contributed by atoms with Crippen LogP contribution in [-0.2, 0) is 4.79 Å². The molecule has 4 rings (SSSR count). The zero-order chi connectivity index (χ0) is 15.3. The van der Waals surface area contributed by atoms with E-state index >= 15 is 0 Å². The van der Waals surface area contributed by atoms with Crippen LogP contribution in [0.4, 0.5) is 11.4 Å². The Labute approximate surface area is 141 Å². The van der Waals surface area contributed by atoms with Gasteiger partial charge < -0.3 is 0 Å². The van der Waals surface area contributed by atoms with Crippen LogP contribution in [0, 0.1) is 0 Å². The van der Waals surface area contributed by atoms with E-state index in [0.717, 1.165) is 16.4 Å². The molecule has 0 bridgehead atoms. The summed E-state index contributed by atoms with van der Waals surface area (Å²) in [7, 11) is 0. The van der Waals surface area contributed by atoms with Crippen molar-refractivity contribution in [2.75, 3.05) is 4.90 Å². The fourth-order valence-corrected chi connectivity index (χ4v) is 4.36. The maximum Gasteiger partial charge on any atom is 0.234 e. The molecule has 2 aliphatic rings. The number of benzene rings is 2. The lowest BCUT2D eigenvalue weighted by atomic mass is 10.3. The van der Waals surface area contributed by atoms with E-state index in [2.05, 4.69) is 4.99 Å². The van der Waals surface area contributed by atoms with Crippen molar-refractivity contribution in [1.82, 2.24) is 0 Å². The smallest absolute Gasteiger partial charge is 0.234 e. The molecule has 22 heavy (non-hydrogen) atoms. The molecule has 0 aliphatic carbocycles. The van der Waals surface area contributed by atoms with Gasteiger partial charge in [-0.15, -0.1) is 11.8 Å². The van der Waals surface area contributed by atoms with Crippen LogP contribution in [0.25, 0.3) is 0 Å². The molecular weight excluding hydrogens is 339 g/mol. The number of hydrogen-bond acceptors (Lipinski definition) is 3. The van der Waals surface area contributed by atoms with Gasteiger partial charge in [0.1, 0.15) is 5.84 Å². The molecule has 110 valence electrons. The van der Waals surface area contributed by atoms with Crippen LogP contribution in [0.1, 0.15) is 6.42 Å². The van der Waals surface area contributed by atoms with E-state index < -0.39 is 0 Å². The number of carbonyl (C=O) groups is 1. The van der Waals surface area contributed by atoms with Crippen LogP contribution in [0.5, 0.6) is 0 Å². The molecule has 1 saturated heterocycles. The number of anilines is 1. The van der Waals surface area contributed by atoms with Gasteiger partial charge in [-0.25, -0.2) is 4.99 Å². The third-order valence-electron chi connectivity index (χ3n) is 3.65. The van der Waals surface area contributed by atoms with Gasteiger partial charge >= 0.3 is 0 Å². The molecule has 6 heteroatoms. The van der Waals surface area contributed by atoms with Crippen molar-refractivity contribution in [2.45, 2.75) is 16.6 Å². The quantitative estimate of drug-likeness (QED) is 0.731. The van der Waals surface area contributed by atoms with E-state index in [9.17, 15) is 4.79 Å². The SMILES string of the molecule is O=C1C[C@H]2Sc3ccccc3N=C2N1c1ccc(Cl)cc1Cl. The Morgan fingerprint density at radius 2 is 2.00 bits per heavy atom. The first-order valence-corrected chi connectivity index (χ1v) is 8.39. The van der Waals surface area contributed by atoms with Gasteiger partial charge in [-0.2, -0.15) is 0 Å². The Morgan fingerprint density at radius 3 is 2.82 bits per heavy atom. The van der Waals surface area contributed by atoms with Crippen LogP contribution < -0.4 is 4.90 Å². The fraction of sp³-hybridized carbons (Fsp3) is 0.125. The minimum absolute atomic E-state index is 0.00767. The van der Waals surface area contributed by atoms with Gasteiger partial charge in [0.25, 0.3) is 0 Å². The van der Waals surface area contributed by atoms with Crippen molar-refractivity contribution in [3.63, 3.8) is 0 Å². The number of halogens is 2. The molecule has 1 atom stereocenters. The Kier molecular flexibility index (Phi) is 3.40. The maximum absolute atomic E-state index is 12.5. The minimum atomic E-state index is 0.00767. The van der Waals surface area contributed by atoms with E-state index in [-0.39, 0.29) is 11.2 Å². The molecule has 0 saturated carbocycles. The van der Waals surface area contributed by atoms with Crippen LogP contribution in [0.2, 0.25) is 10.0 Å². The molecule has 2 aliphatic heterocycles. The Morgan fingerprint density at radius 1 is 1.18 bits per heavy atom. The number of thioether (sulfide) groups is 1. The van der Waals surface area contributed by atoms with Crippen molar-refractivity contribution < 1.29 is 4.79 Å². The summed E-state index contributed by atoms with van der Waals surface area (Å²) in [5.74, 6) is 0.756. The summed E-state index contributed by atoms with van der Waals surface area (Å²) in [5, 5.41) is 1.03. The largest absolute Gasteiger partial charge is 0.274 e. The zero-order valence-corrected chi connectivity index (χ0v) is 13.6. The molecule has 2 heterocycles. The molecule has 2 aromatic rings. The van der Waals surface area contributed by atoms with E-state index in [1.165, 1.54) is 0 Å². The lowest BCUT2D eigenvalue weighted by molar-refractivity contribution is -0.116. The Bertz CT molecular complexity index is 822. The normalized spacial score (nSPS) is 19.7. The molecule has 1 fully saturated rings. The lowest BCUT2D eigenvalue weighted by Crippen LogP contribution is -2.32. The van der Waals surface area contributed by atoms with Crippen molar-refractivity contribution in [3.8, 4) is 0 Å². The number of nitrogens with zero attached hydrogens (tertiary/aromatic N) is 2. The highest BCUT2D eigenvalue weighted by atomic mass is 35.5. The van der Waals surface area contributed by atoms with Crippen LogP contribution in [0.15, 0.2) is 52.4 Å². The standard InChI is InChI=1S/C16H10Cl2N2OS/c17-9-5-6-12(10(18)7-9)20-15(21)8-14-16(20)19-11-3-1-2-4-13(11)22-14/h1-7,14H,8H2/t14-/m1/s1. The average molecular weight is 349 g/mol. The number of aliphatic imine (C=N–C) groups is 1. The second-order valence-electron chi connectivity index (χ2n) is 5.07. The zero-order valence-electron chi connectivity index (χ0n) is 11.3. The summed E-state index contributed by atoms with van der Waals surface area (Å²) in [6.07, 6.45) is 0.427. The van der Waals surface area contributed by atoms with E-state index in [1.807, 2.05) is 24.3 Å². The summed E-state index contributed by atoms with van der Waals surface area (Å²) in [4.78, 5) is 19.9. The van der Waals surface area contributed by atoms with Gasteiger partial charge in [0.15, 0.2) is 0 Å². The summed E-state index contributed by atoms with van der Waals surface area (Å²) in [6.45, 7) is 0. The highest BCUT2D eigenvalue weighted by Crippen LogP contribution is 2.44. The maximum atomic E-state index is 12.5. The summed E-state index contributed by atoms with van der Waals surface area (Å²) in [6, 6.07) is 13.0. The summed E-state index contributed by atoms with van der Waals surface area (Å²) < 4.78 is 0. The minimum Gasteiger partial charge on any atom is -0.274 e. The summed E-state index contributed by atoms with van der Waals surface area (Å²) in [5.41, 5.74) is 1.53. The number of para-hydroxylation sites is 1. The van der Waals surface area contributed by atoms with Crippen LogP contribution in [0.3, 0.4) is 0 Å². The Hall–Kier alpha value is -1.49. The van der Waals surface area contributed by atoms with E-state index in [1.54, 1.807) is 34.9 Å². The van der Waals surface area contributed by atoms with E-state index in [4.69, 9.17) is 23.2 Å². The molecule has 2 aromatic carbocycles.